The predicted molar refractivity (Wildman–Crippen MR) is 104 cm³/mol. The molecular formula is C18H12F8N6O4S. The summed E-state index contributed by atoms with van der Waals surface area (Å²) in [6.07, 6.45) is -2.42. The lowest BCUT2D eigenvalue weighted by molar-refractivity contribution is -0.137. The molecule has 10 nitrogen and oxygen atoms in total. The number of benzene rings is 1. The number of amides is 1. The first-order valence-electron chi connectivity index (χ1n) is 9.52. The summed E-state index contributed by atoms with van der Waals surface area (Å²) in [5, 5.41) is 6.06. The van der Waals surface area contributed by atoms with Crippen molar-refractivity contribution in [2.75, 3.05) is 0 Å². The Morgan fingerprint density at radius 2 is 1.65 bits per heavy atom. The number of hydrogen-bond donors (Lipinski definition) is 1. The highest BCUT2D eigenvalue weighted by Crippen LogP contribution is 2.36. The summed E-state index contributed by atoms with van der Waals surface area (Å²) in [6.45, 7) is -1.85. The van der Waals surface area contributed by atoms with E-state index in [0.717, 1.165) is 23.4 Å². The monoisotopic (exact) mass is 560 g/mol. The third kappa shape index (κ3) is 6.27. The lowest BCUT2D eigenvalue weighted by Crippen LogP contribution is -2.29. The van der Waals surface area contributed by atoms with Crippen molar-refractivity contribution in [2.24, 2.45) is 0 Å². The molecule has 1 aromatic carbocycles. The number of carbonyl (C=O) groups excluding carboxylic acids is 1. The Morgan fingerprint density at radius 3 is 2.19 bits per heavy atom. The van der Waals surface area contributed by atoms with Gasteiger partial charge in [-0.15, -0.1) is 5.10 Å². The summed E-state index contributed by atoms with van der Waals surface area (Å²) >= 11 is 0. The van der Waals surface area contributed by atoms with Gasteiger partial charge in [-0.1, -0.05) is 0 Å². The van der Waals surface area contributed by atoms with Crippen molar-refractivity contribution in [1.82, 2.24) is 30.0 Å². The van der Waals surface area contributed by atoms with Crippen molar-refractivity contribution in [3.63, 3.8) is 0 Å². The lowest BCUT2D eigenvalue weighted by Gasteiger charge is -2.15. The van der Waals surface area contributed by atoms with E-state index in [9.17, 15) is 48.3 Å². The zero-order valence-corrected chi connectivity index (χ0v) is 18.7. The highest BCUT2D eigenvalue weighted by molar-refractivity contribution is 7.92. The molecule has 0 bridgehead atoms. The van der Waals surface area contributed by atoms with Crippen LogP contribution in [0.1, 0.15) is 34.7 Å². The number of carbonyl (C=O) groups is 1. The smallest absolute Gasteiger partial charge is 0.432 e. The summed E-state index contributed by atoms with van der Waals surface area (Å²) in [6, 6.07) is -1.06. The largest absolute Gasteiger partial charge is 0.501 e. The highest BCUT2D eigenvalue weighted by Gasteiger charge is 2.48. The van der Waals surface area contributed by atoms with E-state index in [4.69, 9.17) is 0 Å². The molecule has 0 saturated carbocycles. The molecule has 0 aliphatic heterocycles. The molecule has 0 spiro atoms. The van der Waals surface area contributed by atoms with Gasteiger partial charge >= 0.3 is 18.3 Å². The van der Waals surface area contributed by atoms with Crippen molar-refractivity contribution >= 4 is 15.7 Å². The van der Waals surface area contributed by atoms with E-state index in [1.165, 1.54) is 6.92 Å². The van der Waals surface area contributed by atoms with Crippen LogP contribution in [-0.4, -0.2) is 51.2 Å². The molecule has 2 heterocycles. The normalized spacial score (nSPS) is 13.5. The van der Waals surface area contributed by atoms with Gasteiger partial charge in [0.1, 0.15) is 6.33 Å². The Labute approximate surface area is 201 Å². The van der Waals surface area contributed by atoms with E-state index < -0.39 is 56.1 Å². The summed E-state index contributed by atoms with van der Waals surface area (Å²) in [4.78, 5) is 22.0. The minimum absolute atomic E-state index is 0.156. The molecule has 200 valence electrons. The second-order valence-corrected chi connectivity index (χ2v) is 8.97. The van der Waals surface area contributed by atoms with E-state index in [0.29, 0.717) is 0 Å². The van der Waals surface area contributed by atoms with Crippen molar-refractivity contribution in [1.29, 1.82) is 0 Å². The molecule has 0 aliphatic rings. The zero-order valence-electron chi connectivity index (χ0n) is 17.9. The van der Waals surface area contributed by atoms with Gasteiger partial charge < -0.3 is 10.1 Å². The van der Waals surface area contributed by atoms with Crippen molar-refractivity contribution in [3.05, 3.63) is 53.9 Å². The number of nitrogens with zero attached hydrogens (tertiary/aromatic N) is 5. The molecule has 2 aromatic heterocycles. The number of rotatable bonds is 7. The molecule has 3 rings (SSSR count). The molecule has 1 atom stereocenters. The van der Waals surface area contributed by atoms with E-state index in [1.54, 1.807) is 0 Å². The van der Waals surface area contributed by atoms with Crippen LogP contribution in [0.4, 0.5) is 35.1 Å². The van der Waals surface area contributed by atoms with Gasteiger partial charge in [-0.2, -0.15) is 39.8 Å². The Morgan fingerprint density at radius 1 is 1.03 bits per heavy atom. The summed E-state index contributed by atoms with van der Waals surface area (Å²) < 4.78 is 131. The van der Waals surface area contributed by atoms with Gasteiger partial charge in [0, 0.05) is 5.56 Å². The average molecular weight is 560 g/mol. The third-order valence-electron chi connectivity index (χ3n) is 4.40. The quantitative estimate of drug-likeness (QED) is 0.435. The first-order chi connectivity index (χ1) is 17.0. The van der Waals surface area contributed by atoms with Gasteiger partial charge in [0.05, 0.1) is 28.9 Å². The summed E-state index contributed by atoms with van der Waals surface area (Å²) in [5.41, 5.74) is -8.74. The Bertz CT molecular complexity index is 1390. The van der Waals surface area contributed by atoms with Crippen molar-refractivity contribution in [3.8, 4) is 11.7 Å². The van der Waals surface area contributed by atoms with Crippen molar-refractivity contribution < 1.29 is 53.1 Å². The summed E-state index contributed by atoms with van der Waals surface area (Å²) in [7, 11) is -6.21. The predicted octanol–water partition coefficient (Wildman–Crippen LogP) is 3.46. The summed E-state index contributed by atoms with van der Waals surface area (Å²) in [5.74, 6) is -2.05. The molecular weight excluding hydrogens is 548 g/mol. The number of nitrogens with one attached hydrogen (secondary N) is 1. The number of hydrogen-bond acceptors (Lipinski definition) is 8. The number of aromatic nitrogens is 5. The molecule has 19 heteroatoms. The van der Waals surface area contributed by atoms with Crippen LogP contribution in [0.3, 0.4) is 0 Å². The van der Waals surface area contributed by atoms with Crippen LogP contribution in [0.15, 0.2) is 41.8 Å². The van der Waals surface area contributed by atoms with Gasteiger partial charge in [0.15, 0.2) is 11.6 Å². The fourth-order valence-electron chi connectivity index (χ4n) is 2.69. The molecule has 0 fully saturated rings. The molecule has 0 saturated heterocycles. The van der Waals surface area contributed by atoms with Gasteiger partial charge in [-0.3, -0.25) is 4.79 Å². The van der Waals surface area contributed by atoms with Crippen LogP contribution in [0.5, 0.6) is 5.75 Å². The van der Waals surface area contributed by atoms with Gasteiger partial charge in [-0.05, 0) is 25.1 Å². The maximum atomic E-state index is 13.2. The maximum absolute atomic E-state index is 13.2. The molecule has 0 aliphatic carbocycles. The molecule has 1 amide bonds. The number of alkyl halides is 8. The minimum atomic E-state index is -6.21. The van der Waals surface area contributed by atoms with Crippen LogP contribution >= 0.6 is 0 Å². The molecule has 1 N–H and O–H groups in total. The Kier molecular flexibility index (Phi) is 7.38. The molecule has 37 heavy (non-hydrogen) atoms. The fourth-order valence-corrected chi connectivity index (χ4v) is 3.52. The Hall–Kier alpha value is -3.90. The second-order valence-electron chi connectivity index (χ2n) is 7.03. The Balaban J connectivity index is 1.85. The van der Waals surface area contributed by atoms with Gasteiger partial charge in [0.2, 0.25) is 0 Å². The second kappa shape index (κ2) is 9.87. The maximum Gasteiger partial charge on any atom is 0.501 e. The van der Waals surface area contributed by atoms with E-state index >= 15 is 0 Å². The highest BCUT2D eigenvalue weighted by atomic mass is 32.2. The van der Waals surface area contributed by atoms with E-state index in [1.807, 2.05) is 0 Å². The van der Waals surface area contributed by atoms with Crippen LogP contribution in [0, 0.1) is 0 Å². The fraction of sp³-hybridized carbons (Fsp3) is 0.278. The SMILES string of the molecule is CC(NC(=O)c1cc(C(F)(F)F)cc(S(=O)(=O)C(F)(F)F)c1)c1ncn(-c2ncc(OC(F)F)cn2)n1. The van der Waals surface area contributed by atoms with Gasteiger partial charge in [0.25, 0.3) is 21.7 Å². The van der Waals surface area contributed by atoms with Crippen LogP contribution in [0.25, 0.3) is 5.95 Å². The lowest BCUT2D eigenvalue weighted by atomic mass is 10.1. The minimum Gasteiger partial charge on any atom is -0.432 e. The van der Waals surface area contributed by atoms with Crippen LogP contribution < -0.4 is 10.1 Å². The zero-order chi connectivity index (χ0) is 27.8. The van der Waals surface area contributed by atoms with Crippen molar-refractivity contribution in [2.45, 2.75) is 36.2 Å². The van der Waals surface area contributed by atoms with Gasteiger partial charge in [-0.25, -0.2) is 23.4 Å². The standard InChI is InChI=1S/C18H12F8N6O4S/c1-8(13-29-7-32(31-13)16-27-5-11(6-28-16)36-15(19)20)30-14(33)9-2-10(17(21,22)23)4-12(3-9)37(34,35)18(24,25)26/h2-8,15H,1H3,(H,30,33). The first-order valence-corrected chi connectivity index (χ1v) is 11.0. The number of sulfone groups is 1. The number of halogens is 8. The topological polar surface area (TPSA) is 129 Å². The number of ether oxygens (including phenoxy) is 1. The van der Waals surface area contributed by atoms with E-state index in [-0.39, 0.29) is 35.7 Å². The average Bonchev–Trinajstić information content (AvgIpc) is 3.28. The molecule has 3 aromatic rings. The molecule has 0 radical (unpaired) electrons. The first kappa shape index (κ1) is 27.7. The van der Waals surface area contributed by atoms with E-state index in [2.05, 4.69) is 30.1 Å². The van der Waals surface area contributed by atoms with Crippen LogP contribution in [0.2, 0.25) is 0 Å². The van der Waals surface area contributed by atoms with Crippen LogP contribution in [-0.2, 0) is 16.0 Å². The third-order valence-corrected chi connectivity index (χ3v) is 5.87. The molecule has 1 unspecified atom stereocenters.